The largest absolute Gasteiger partial charge is 0.374 e. The minimum absolute atomic E-state index is 0.141. The Labute approximate surface area is 112 Å². The van der Waals surface area contributed by atoms with E-state index in [0.29, 0.717) is 17.2 Å². The van der Waals surface area contributed by atoms with Gasteiger partial charge in [0.25, 0.3) is 0 Å². The van der Waals surface area contributed by atoms with Gasteiger partial charge in [-0.05, 0) is 30.3 Å². The van der Waals surface area contributed by atoms with Crippen LogP contribution in [0, 0.1) is 5.82 Å². The predicted molar refractivity (Wildman–Crippen MR) is 70.2 cm³/mol. The fourth-order valence-electron chi connectivity index (χ4n) is 2.21. The Morgan fingerprint density at radius 2 is 2.39 bits per heavy atom. The van der Waals surface area contributed by atoms with Crippen molar-refractivity contribution < 1.29 is 9.13 Å². The van der Waals surface area contributed by atoms with Crippen LogP contribution in [0.2, 0.25) is 5.02 Å². The lowest BCUT2D eigenvalue weighted by Gasteiger charge is -2.35. The number of nitrogens with two attached hydrogens (primary N) is 1. The van der Waals surface area contributed by atoms with Crippen LogP contribution < -0.4 is 5.73 Å². The van der Waals surface area contributed by atoms with E-state index in [-0.39, 0.29) is 11.9 Å². The van der Waals surface area contributed by atoms with Gasteiger partial charge >= 0.3 is 0 Å². The highest BCUT2D eigenvalue weighted by molar-refractivity contribution is 6.31. The third-order valence-electron chi connectivity index (χ3n) is 3.34. The first-order valence-corrected chi connectivity index (χ1v) is 6.54. The Morgan fingerprint density at radius 1 is 1.61 bits per heavy atom. The Balaban J connectivity index is 2.14. The summed E-state index contributed by atoms with van der Waals surface area (Å²) in [4.78, 5) is 2.27. The summed E-state index contributed by atoms with van der Waals surface area (Å²) in [7, 11) is 0. The molecule has 1 aliphatic heterocycles. The van der Waals surface area contributed by atoms with Crippen molar-refractivity contribution in [1.82, 2.24) is 4.90 Å². The molecule has 0 saturated carbocycles. The van der Waals surface area contributed by atoms with E-state index in [9.17, 15) is 4.39 Å². The number of ether oxygens (including phenoxy) is 1. The Bertz CT molecular complexity index is 416. The van der Waals surface area contributed by atoms with Crippen molar-refractivity contribution >= 4 is 11.6 Å². The number of halogens is 2. The lowest BCUT2D eigenvalue weighted by molar-refractivity contribution is -0.0392. The maximum atomic E-state index is 13.3. The summed E-state index contributed by atoms with van der Waals surface area (Å²) in [5.74, 6) is -0.326. The third-order valence-corrected chi connectivity index (χ3v) is 3.69. The van der Waals surface area contributed by atoms with Crippen molar-refractivity contribution in [2.45, 2.75) is 19.1 Å². The van der Waals surface area contributed by atoms with Crippen molar-refractivity contribution in [2.75, 3.05) is 26.2 Å². The normalized spacial score (nSPS) is 23.0. The smallest absolute Gasteiger partial charge is 0.123 e. The van der Waals surface area contributed by atoms with E-state index >= 15 is 0 Å². The molecule has 1 aromatic carbocycles. The SMILES string of the molecule is CCN1CCOC(C(N)c2cc(F)ccc2Cl)C1. The van der Waals surface area contributed by atoms with Crippen molar-refractivity contribution in [2.24, 2.45) is 5.73 Å². The van der Waals surface area contributed by atoms with Gasteiger partial charge in [0.15, 0.2) is 0 Å². The average Bonchev–Trinajstić information content (AvgIpc) is 2.41. The number of hydrogen-bond acceptors (Lipinski definition) is 3. The van der Waals surface area contributed by atoms with Gasteiger partial charge in [-0.2, -0.15) is 0 Å². The molecule has 1 aliphatic rings. The summed E-state index contributed by atoms with van der Waals surface area (Å²) in [6.45, 7) is 5.38. The van der Waals surface area contributed by atoms with E-state index < -0.39 is 6.04 Å². The van der Waals surface area contributed by atoms with Gasteiger partial charge in [-0.1, -0.05) is 18.5 Å². The van der Waals surface area contributed by atoms with Crippen LogP contribution >= 0.6 is 11.6 Å². The zero-order valence-corrected chi connectivity index (χ0v) is 11.2. The zero-order valence-electron chi connectivity index (χ0n) is 10.4. The van der Waals surface area contributed by atoms with E-state index in [2.05, 4.69) is 11.8 Å². The van der Waals surface area contributed by atoms with Crippen molar-refractivity contribution in [3.8, 4) is 0 Å². The minimum Gasteiger partial charge on any atom is -0.374 e. The van der Waals surface area contributed by atoms with Crippen LogP contribution in [0.3, 0.4) is 0 Å². The highest BCUT2D eigenvalue weighted by atomic mass is 35.5. The van der Waals surface area contributed by atoms with Gasteiger partial charge in [0, 0.05) is 18.1 Å². The lowest BCUT2D eigenvalue weighted by Crippen LogP contribution is -2.46. The number of likely N-dealkylation sites (N-methyl/N-ethyl adjacent to an activating group) is 1. The first-order valence-electron chi connectivity index (χ1n) is 6.16. The second kappa shape index (κ2) is 5.97. The molecule has 1 heterocycles. The Morgan fingerprint density at radius 3 is 3.11 bits per heavy atom. The van der Waals surface area contributed by atoms with Gasteiger partial charge in [0.1, 0.15) is 5.82 Å². The van der Waals surface area contributed by atoms with Gasteiger partial charge in [-0.15, -0.1) is 0 Å². The number of benzene rings is 1. The van der Waals surface area contributed by atoms with Crippen LogP contribution in [0.4, 0.5) is 4.39 Å². The van der Waals surface area contributed by atoms with Gasteiger partial charge in [0.2, 0.25) is 0 Å². The molecule has 1 fully saturated rings. The quantitative estimate of drug-likeness (QED) is 0.917. The molecule has 18 heavy (non-hydrogen) atoms. The summed E-state index contributed by atoms with van der Waals surface area (Å²) in [6.07, 6.45) is -0.141. The summed E-state index contributed by atoms with van der Waals surface area (Å²) >= 11 is 6.06. The maximum Gasteiger partial charge on any atom is 0.123 e. The summed E-state index contributed by atoms with van der Waals surface area (Å²) in [5, 5.41) is 0.487. The second-order valence-corrected chi connectivity index (χ2v) is 4.90. The van der Waals surface area contributed by atoms with Crippen LogP contribution in [-0.4, -0.2) is 37.2 Å². The molecule has 5 heteroatoms. The van der Waals surface area contributed by atoms with Gasteiger partial charge in [-0.3, -0.25) is 4.90 Å². The molecule has 3 nitrogen and oxygen atoms in total. The third kappa shape index (κ3) is 3.01. The van der Waals surface area contributed by atoms with Crippen LogP contribution in [0.25, 0.3) is 0 Å². The molecule has 1 aromatic rings. The van der Waals surface area contributed by atoms with E-state index in [1.165, 1.54) is 18.2 Å². The molecule has 2 atom stereocenters. The predicted octanol–water partition coefficient (Wildman–Crippen LogP) is 2.20. The van der Waals surface area contributed by atoms with E-state index in [0.717, 1.165) is 19.6 Å². The lowest BCUT2D eigenvalue weighted by atomic mass is 10.0. The van der Waals surface area contributed by atoms with Crippen molar-refractivity contribution in [3.63, 3.8) is 0 Å². The van der Waals surface area contributed by atoms with Gasteiger partial charge in [-0.25, -0.2) is 4.39 Å². The Kier molecular flexibility index (Phi) is 4.56. The molecule has 0 amide bonds. The molecule has 0 aromatic heterocycles. The van der Waals surface area contributed by atoms with E-state index in [1.807, 2.05) is 0 Å². The van der Waals surface area contributed by atoms with Crippen LogP contribution in [0.15, 0.2) is 18.2 Å². The Hall–Kier alpha value is -0.680. The fraction of sp³-hybridized carbons (Fsp3) is 0.538. The molecule has 100 valence electrons. The van der Waals surface area contributed by atoms with E-state index in [4.69, 9.17) is 22.1 Å². The molecule has 2 N–H and O–H groups in total. The molecular formula is C13H18ClFN2O. The molecule has 0 radical (unpaired) electrons. The second-order valence-electron chi connectivity index (χ2n) is 4.49. The van der Waals surface area contributed by atoms with Crippen LogP contribution in [0.5, 0.6) is 0 Å². The monoisotopic (exact) mass is 272 g/mol. The number of rotatable bonds is 3. The molecule has 2 unspecified atom stereocenters. The molecule has 0 aliphatic carbocycles. The minimum atomic E-state index is -0.400. The van der Waals surface area contributed by atoms with E-state index in [1.54, 1.807) is 0 Å². The average molecular weight is 273 g/mol. The number of nitrogens with zero attached hydrogens (tertiary/aromatic N) is 1. The van der Waals surface area contributed by atoms with Gasteiger partial charge < -0.3 is 10.5 Å². The summed E-state index contributed by atoms with van der Waals surface area (Å²) in [6, 6.07) is 3.86. The maximum absolute atomic E-state index is 13.3. The fourth-order valence-corrected chi connectivity index (χ4v) is 2.45. The molecule has 0 spiro atoms. The summed E-state index contributed by atoms with van der Waals surface area (Å²) < 4.78 is 18.9. The highest BCUT2D eigenvalue weighted by Gasteiger charge is 2.27. The van der Waals surface area contributed by atoms with Crippen LogP contribution in [0.1, 0.15) is 18.5 Å². The van der Waals surface area contributed by atoms with Crippen molar-refractivity contribution in [1.29, 1.82) is 0 Å². The zero-order chi connectivity index (χ0) is 13.1. The van der Waals surface area contributed by atoms with Crippen LogP contribution in [-0.2, 0) is 4.74 Å². The number of morpholine rings is 1. The van der Waals surface area contributed by atoms with Crippen molar-refractivity contribution in [3.05, 3.63) is 34.6 Å². The number of hydrogen-bond donors (Lipinski definition) is 1. The molecular weight excluding hydrogens is 255 g/mol. The first kappa shape index (κ1) is 13.7. The van der Waals surface area contributed by atoms with Gasteiger partial charge in [0.05, 0.1) is 18.8 Å². The molecule has 1 saturated heterocycles. The summed E-state index contributed by atoms with van der Waals surface area (Å²) in [5.41, 5.74) is 6.76. The molecule has 2 rings (SSSR count). The first-order chi connectivity index (χ1) is 8.61. The standard InChI is InChI=1S/C13H18ClFN2O/c1-2-17-5-6-18-12(8-17)13(16)10-7-9(15)3-4-11(10)14/h3-4,7,12-13H,2,5-6,8,16H2,1H3. The highest BCUT2D eigenvalue weighted by Crippen LogP contribution is 2.27. The molecule has 0 bridgehead atoms. The topological polar surface area (TPSA) is 38.5 Å².